The molecule has 0 heterocycles. The normalized spacial score (nSPS) is 24.6. The van der Waals surface area contributed by atoms with E-state index in [1.54, 1.807) is 0 Å². The van der Waals surface area contributed by atoms with Gasteiger partial charge in [0.1, 0.15) is 0 Å². The summed E-state index contributed by atoms with van der Waals surface area (Å²) in [6, 6.07) is 0. The number of likely N-dealkylation sites (N-methyl/N-ethyl adjacent to an activating group) is 1. The summed E-state index contributed by atoms with van der Waals surface area (Å²) in [7, 11) is 3.75. The first-order chi connectivity index (χ1) is 7.99. The van der Waals surface area contributed by atoms with Gasteiger partial charge in [0, 0.05) is 12.5 Å². The molecule has 5 heteroatoms. The number of carbonyl (C=O) groups is 2. The summed E-state index contributed by atoms with van der Waals surface area (Å²) in [5, 5.41) is 2.93. The molecule has 1 rings (SSSR count). The lowest BCUT2D eigenvalue weighted by molar-refractivity contribution is -0.124. The summed E-state index contributed by atoms with van der Waals surface area (Å²) in [5.41, 5.74) is 5.28. The van der Waals surface area contributed by atoms with E-state index in [0.717, 1.165) is 32.2 Å². The van der Waals surface area contributed by atoms with Gasteiger partial charge in [0.15, 0.2) is 0 Å². The third kappa shape index (κ3) is 5.17. The van der Waals surface area contributed by atoms with Crippen LogP contribution in [0.25, 0.3) is 0 Å². The smallest absolute Gasteiger partial charge is 0.234 e. The minimum Gasteiger partial charge on any atom is -0.369 e. The summed E-state index contributed by atoms with van der Waals surface area (Å²) in [6.07, 6.45) is 3.69. The lowest BCUT2D eigenvalue weighted by Gasteiger charge is -2.26. The molecule has 5 nitrogen and oxygen atoms in total. The predicted octanol–water partition coefficient (Wildman–Crippen LogP) is -0.0441. The monoisotopic (exact) mass is 241 g/mol. The zero-order valence-electron chi connectivity index (χ0n) is 10.7. The van der Waals surface area contributed by atoms with Gasteiger partial charge in [-0.3, -0.25) is 9.59 Å². The maximum atomic E-state index is 11.4. The maximum absolute atomic E-state index is 11.4. The van der Waals surface area contributed by atoms with Crippen LogP contribution in [-0.2, 0) is 9.59 Å². The highest BCUT2D eigenvalue weighted by atomic mass is 16.2. The predicted molar refractivity (Wildman–Crippen MR) is 66.2 cm³/mol. The molecule has 1 aliphatic carbocycles. The van der Waals surface area contributed by atoms with E-state index in [9.17, 15) is 9.59 Å². The number of amides is 2. The second-order valence-corrected chi connectivity index (χ2v) is 5.16. The highest BCUT2D eigenvalue weighted by Gasteiger charge is 2.24. The molecule has 0 saturated heterocycles. The molecule has 1 fully saturated rings. The van der Waals surface area contributed by atoms with Gasteiger partial charge < -0.3 is 16.0 Å². The van der Waals surface area contributed by atoms with Crippen LogP contribution in [-0.4, -0.2) is 43.9 Å². The van der Waals surface area contributed by atoms with Crippen LogP contribution in [0.5, 0.6) is 0 Å². The quantitative estimate of drug-likeness (QED) is 0.709. The molecular formula is C12H23N3O2. The Bertz CT molecular complexity index is 271. The van der Waals surface area contributed by atoms with E-state index in [4.69, 9.17) is 5.73 Å². The van der Waals surface area contributed by atoms with Crippen molar-refractivity contribution in [2.45, 2.75) is 25.7 Å². The Morgan fingerprint density at radius 2 is 1.82 bits per heavy atom. The molecule has 98 valence electrons. The van der Waals surface area contributed by atoms with Crippen molar-refractivity contribution in [1.82, 2.24) is 10.2 Å². The third-order valence-electron chi connectivity index (χ3n) is 3.30. The summed E-state index contributed by atoms with van der Waals surface area (Å²) in [5.74, 6) is 0.424. The Kier molecular flexibility index (Phi) is 5.41. The molecule has 0 atom stereocenters. The van der Waals surface area contributed by atoms with Crippen LogP contribution in [0.15, 0.2) is 0 Å². The molecule has 0 aromatic carbocycles. The summed E-state index contributed by atoms with van der Waals surface area (Å²) in [6.45, 7) is 1.15. The standard InChI is InChI=1S/C12H23N3O2/c1-15(2)8-11(16)14-7-9-3-5-10(6-4-9)12(13)17/h9-10H,3-8H2,1-2H3,(H2,13,17)(H,14,16)/t9-,10-. The number of hydrogen-bond acceptors (Lipinski definition) is 3. The Labute approximate surface area is 103 Å². The minimum atomic E-state index is -0.180. The lowest BCUT2D eigenvalue weighted by Crippen LogP contribution is -2.37. The topological polar surface area (TPSA) is 75.4 Å². The Morgan fingerprint density at radius 1 is 1.24 bits per heavy atom. The van der Waals surface area contributed by atoms with Gasteiger partial charge >= 0.3 is 0 Å². The number of hydrogen-bond donors (Lipinski definition) is 2. The van der Waals surface area contributed by atoms with E-state index in [0.29, 0.717) is 12.5 Å². The molecule has 0 spiro atoms. The fourth-order valence-corrected chi connectivity index (χ4v) is 2.25. The molecule has 1 aliphatic rings. The van der Waals surface area contributed by atoms with Crippen LogP contribution in [0.3, 0.4) is 0 Å². The second-order valence-electron chi connectivity index (χ2n) is 5.16. The number of carbonyl (C=O) groups excluding carboxylic acids is 2. The molecule has 2 amide bonds. The average molecular weight is 241 g/mol. The van der Waals surface area contributed by atoms with Crippen molar-refractivity contribution in [3.63, 3.8) is 0 Å². The molecule has 0 aliphatic heterocycles. The van der Waals surface area contributed by atoms with Crippen molar-refractivity contribution < 1.29 is 9.59 Å². The first-order valence-electron chi connectivity index (χ1n) is 6.19. The molecule has 0 unspecified atom stereocenters. The van der Waals surface area contributed by atoms with E-state index < -0.39 is 0 Å². The van der Waals surface area contributed by atoms with Gasteiger partial charge in [-0.25, -0.2) is 0 Å². The van der Waals surface area contributed by atoms with Gasteiger partial charge in [-0.1, -0.05) is 0 Å². The SMILES string of the molecule is CN(C)CC(=O)NC[C@H]1CC[C@H](C(N)=O)CC1. The highest BCUT2D eigenvalue weighted by Crippen LogP contribution is 2.27. The van der Waals surface area contributed by atoms with Crippen molar-refractivity contribution in [3.8, 4) is 0 Å². The zero-order valence-corrected chi connectivity index (χ0v) is 10.7. The first-order valence-corrected chi connectivity index (χ1v) is 6.19. The van der Waals surface area contributed by atoms with Crippen LogP contribution in [0.2, 0.25) is 0 Å². The van der Waals surface area contributed by atoms with Crippen molar-refractivity contribution in [3.05, 3.63) is 0 Å². The summed E-state index contributed by atoms with van der Waals surface area (Å²) >= 11 is 0. The molecule has 1 saturated carbocycles. The van der Waals surface area contributed by atoms with E-state index in [2.05, 4.69) is 5.32 Å². The molecule has 17 heavy (non-hydrogen) atoms. The van der Waals surface area contributed by atoms with Gasteiger partial charge in [-0.2, -0.15) is 0 Å². The van der Waals surface area contributed by atoms with Gasteiger partial charge in [-0.15, -0.1) is 0 Å². The Morgan fingerprint density at radius 3 is 2.29 bits per heavy atom. The largest absolute Gasteiger partial charge is 0.369 e. The molecule has 3 N–H and O–H groups in total. The second kappa shape index (κ2) is 6.59. The maximum Gasteiger partial charge on any atom is 0.234 e. The Hall–Kier alpha value is -1.10. The van der Waals surface area contributed by atoms with E-state index in [1.165, 1.54) is 0 Å². The Balaban J connectivity index is 2.18. The van der Waals surface area contributed by atoms with Crippen molar-refractivity contribution >= 4 is 11.8 Å². The number of nitrogens with zero attached hydrogens (tertiary/aromatic N) is 1. The summed E-state index contributed by atoms with van der Waals surface area (Å²) in [4.78, 5) is 24.3. The number of rotatable bonds is 5. The van der Waals surface area contributed by atoms with Crippen LogP contribution < -0.4 is 11.1 Å². The number of nitrogens with two attached hydrogens (primary N) is 1. The average Bonchev–Trinajstić information content (AvgIpc) is 2.26. The van der Waals surface area contributed by atoms with Gasteiger partial charge in [0.2, 0.25) is 11.8 Å². The fraction of sp³-hybridized carbons (Fsp3) is 0.833. The van der Waals surface area contributed by atoms with Crippen molar-refractivity contribution in [1.29, 1.82) is 0 Å². The summed E-state index contributed by atoms with van der Waals surface area (Å²) < 4.78 is 0. The molecule has 0 radical (unpaired) electrons. The molecule has 0 bridgehead atoms. The van der Waals surface area contributed by atoms with Crippen molar-refractivity contribution in [2.24, 2.45) is 17.6 Å². The van der Waals surface area contributed by atoms with Gasteiger partial charge in [-0.05, 0) is 45.7 Å². The van der Waals surface area contributed by atoms with E-state index >= 15 is 0 Å². The first kappa shape index (κ1) is 14.0. The molecule has 0 aromatic rings. The number of primary amides is 1. The van der Waals surface area contributed by atoms with Gasteiger partial charge in [0.05, 0.1) is 6.54 Å². The van der Waals surface area contributed by atoms with Crippen LogP contribution in [0, 0.1) is 11.8 Å². The fourth-order valence-electron chi connectivity index (χ4n) is 2.25. The zero-order chi connectivity index (χ0) is 12.8. The molecule has 0 aromatic heterocycles. The van der Waals surface area contributed by atoms with Crippen LogP contribution in [0.1, 0.15) is 25.7 Å². The van der Waals surface area contributed by atoms with E-state index in [-0.39, 0.29) is 17.7 Å². The minimum absolute atomic E-state index is 0.0451. The lowest BCUT2D eigenvalue weighted by atomic mass is 9.81. The van der Waals surface area contributed by atoms with E-state index in [1.807, 2.05) is 19.0 Å². The van der Waals surface area contributed by atoms with Crippen LogP contribution in [0.4, 0.5) is 0 Å². The van der Waals surface area contributed by atoms with Gasteiger partial charge in [0.25, 0.3) is 0 Å². The van der Waals surface area contributed by atoms with Crippen LogP contribution >= 0.6 is 0 Å². The molecular weight excluding hydrogens is 218 g/mol. The highest BCUT2D eigenvalue weighted by molar-refractivity contribution is 5.78. The van der Waals surface area contributed by atoms with Crippen molar-refractivity contribution in [2.75, 3.05) is 27.2 Å². The number of nitrogens with one attached hydrogen (secondary N) is 1. The third-order valence-corrected chi connectivity index (χ3v) is 3.30.